The van der Waals surface area contributed by atoms with Gasteiger partial charge >= 0.3 is 0 Å². The van der Waals surface area contributed by atoms with Crippen LogP contribution >= 0.6 is 0 Å². The van der Waals surface area contributed by atoms with E-state index in [2.05, 4.69) is 6.92 Å². The highest BCUT2D eigenvalue weighted by Crippen LogP contribution is 2.14. The molecule has 2 nitrogen and oxygen atoms in total. The molecule has 0 saturated heterocycles. The first kappa shape index (κ1) is 13.9. The molecule has 1 aromatic carbocycles. The normalized spacial score (nSPS) is 12.4. The molecule has 0 amide bonds. The molecule has 17 heavy (non-hydrogen) atoms. The van der Waals surface area contributed by atoms with Gasteiger partial charge < -0.3 is 5.73 Å². The number of rotatable bonds is 8. The second-order valence-electron chi connectivity index (χ2n) is 4.52. The predicted octanol–water partition coefficient (Wildman–Crippen LogP) is 3.62. The maximum absolute atomic E-state index is 11.9. The smallest absolute Gasteiger partial charge is 0.154 e. The Kier molecular flexibility index (Phi) is 6.56. The van der Waals surface area contributed by atoms with Crippen LogP contribution < -0.4 is 5.73 Å². The van der Waals surface area contributed by atoms with Crippen LogP contribution in [0.5, 0.6) is 0 Å². The predicted molar refractivity (Wildman–Crippen MR) is 71.8 cm³/mol. The van der Waals surface area contributed by atoms with Crippen molar-refractivity contribution in [3.05, 3.63) is 35.9 Å². The van der Waals surface area contributed by atoms with E-state index in [-0.39, 0.29) is 5.78 Å². The molecule has 0 aliphatic carbocycles. The molecule has 0 fully saturated rings. The molecule has 94 valence electrons. The van der Waals surface area contributed by atoms with Crippen molar-refractivity contribution in [1.82, 2.24) is 0 Å². The Hall–Kier alpha value is -1.15. The van der Waals surface area contributed by atoms with Gasteiger partial charge in [0.25, 0.3) is 0 Å². The summed E-state index contributed by atoms with van der Waals surface area (Å²) in [7, 11) is 0. The molecule has 0 aliphatic heterocycles. The van der Waals surface area contributed by atoms with Crippen LogP contribution in [0, 0.1) is 0 Å². The standard InChI is InChI=1S/C15H23NO/c1-2-3-4-5-9-12-14(17)15(16)13-10-7-6-8-11-13/h6-8,10-11,15H,2-5,9,12,16H2,1H3/t15-/m0/s1. The van der Waals surface area contributed by atoms with E-state index < -0.39 is 6.04 Å². The summed E-state index contributed by atoms with van der Waals surface area (Å²) in [5.41, 5.74) is 6.85. The Morgan fingerprint density at radius 3 is 2.41 bits per heavy atom. The van der Waals surface area contributed by atoms with Crippen LogP contribution in [-0.4, -0.2) is 5.78 Å². The lowest BCUT2D eigenvalue weighted by molar-refractivity contribution is -0.120. The van der Waals surface area contributed by atoms with Crippen molar-refractivity contribution in [3.8, 4) is 0 Å². The highest BCUT2D eigenvalue weighted by molar-refractivity contribution is 5.84. The molecule has 1 atom stereocenters. The first-order chi connectivity index (χ1) is 8.25. The number of nitrogens with two attached hydrogens (primary N) is 1. The third-order valence-electron chi connectivity index (χ3n) is 3.03. The molecule has 0 heterocycles. The zero-order valence-electron chi connectivity index (χ0n) is 10.7. The van der Waals surface area contributed by atoms with Gasteiger partial charge in [-0.2, -0.15) is 0 Å². The van der Waals surface area contributed by atoms with Gasteiger partial charge in [0.1, 0.15) is 0 Å². The Morgan fingerprint density at radius 2 is 1.76 bits per heavy atom. The topological polar surface area (TPSA) is 43.1 Å². The van der Waals surface area contributed by atoms with Gasteiger partial charge in [-0.1, -0.05) is 62.9 Å². The van der Waals surface area contributed by atoms with Crippen molar-refractivity contribution < 1.29 is 4.79 Å². The Morgan fingerprint density at radius 1 is 1.12 bits per heavy atom. The summed E-state index contributed by atoms with van der Waals surface area (Å²) < 4.78 is 0. The largest absolute Gasteiger partial charge is 0.318 e. The Labute approximate surface area is 104 Å². The number of carbonyl (C=O) groups is 1. The molecular formula is C15H23NO. The van der Waals surface area contributed by atoms with Gasteiger partial charge in [0.2, 0.25) is 0 Å². The fourth-order valence-corrected chi connectivity index (χ4v) is 1.90. The number of ketones is 1. The fourth-order valence-electron chi connectivity index (χ4n) is 1.90. The van der Waals surface area contributed by atoms with E-state index in [9.17, 15) is 4.79 Å². The summed E-state index contributed by atoms with van der Waals surface area (Å²) in [4.78, 5) is 11.9. The van der Waals surface area contributed by atoms with Gasteiger partial charge in [0, 0.05) is 6.42 Å². The minimum absolute atomic E-state index is 0.160. The molecule has 0 unspecified atom stereocenters. The molecule has 0 spiro atoms. The fraction of sp³-hybridized carbons (Fsp3) is 0.533. The van der Waals surface area contributed by atoms with Crippen LogP contribution in [-0.2, 0) is 4.79 Å². The molecular weight excluding hydrogens is 210 g/mol. The van der Waals surface area contributed by atoms with Crippen molar-refractivity contribution >= 4 is 5.78 Å². The third-order valence-corrected chi connectivity index (χ3v) is 3.03. The van der Waals surface area contributed by atoms with Gasteiger partial charge in [0.05, 0.1) is 6.04 Å². The quantitative estimate of drug-likeness (QED) is 0.697. The summed E-state index contributed by atoms with van der Waals surface area (Å²) >= 11 is 0. The first-order valence-corrected chi connectivity index (χ1v) is 6.59. The molecule has 2 N–H and O–H groups in total. The van der Waals surface area contributed by atoms with Gasteiger partial charge in [0.15, 0.2) is 5.78 Å². The average Bonchev–Trinajstić information content (AvgIpc) is 2.38. The summed E-state index contributed by atoms with van der Waals surface area (Å²) in [6.45, 7) is 2.19. The number of benzene rings is 1. The van der Waals surface area contributed by atoms with E-state index in [1.165, 1.54) is 19.3 Å². The lowest BCUT2D eigenvalue weighted by Crippen LogP contribution is -2.21. The number of hydrogen-bond donors (Lipinski definition) is 1. The minimum atomic E-state index is -0.442. The molecule has 0 aromatic heterocycles. The van der Waals surface area contributed by atoms with Crippen molar-refractivity contribution in [2.45, 2.75) is 51.5 Å². The maximum Gasteiger partial charge on any atom is 0.154 e. The number of hydrogen-bond acceptors (Lipinski definition) is 2. The number of carbonyl (C=O) groups excluding carboxylic acids is 1. The van der Waals surface area contributed by atoms with Crippen LogP contribution in [0.3, 0.4) is 0 Å². The molecule has 1 rings (SSSR count). The van der Waals surface area contributed by atoms with E-state index in [1.807, 2.05) is 30.3 Å². The average molecular weight is 233 g/mol. The maximum atomic E-state index is 11.9. The monoisotopic (exact) mass is 233 g/mol. The second-order valence-corrected chi connectivity index (χ2v) is 4.52. The third kappa shape index (κ3) is 5.14. The lowest BCUT2D eigenvalue weighted by atomic mass is 9.99. The van der Waals surface area contributed by atoms with Gasteiger partial charge in [-0.25, -0.2) is 0 Å². The summed E-state index contributed by atoms with van der Waals surface area (Å²) in [5.74, 6) is 0.160. The zero-order chi connectivity index (χ0) is 12.5. The number of Topliss-reactive ketones (excluding diaryl/α,β-unsaturated/α-hetero) is 1. The lowest BCUT2D eigenvalue weighted by Gasteiger charge is -2.10. The molecule has 2 heteroatoms. The molecule has 0 saturated carbocycles. The van der Waals surface area contributed by atoms with Crippen LogP contribution in [0.25, 0.3) is 0 Å². The first-order valence-electron chi connectivity index (χ1n) is 6.59. The molecule has 0 aliphatic rings. The SMILES string of the molecule is CCCCCCCC(=O)[C@@H](N)c1ccccc1. The Balaban J connectivity index is 2.28. The number of unbranched alkanes of at least 4 members (excludes halogenated alkanes) is 4. The van der Waals surface area contributed by atoms with Gasteiger partial charge in [-0.05, 0) is 12.0 Å². The molecule has 1 aromatic rings. The van der Waals surface area contributed by atoms with Crippen molar-refractivity contribution in [3.63, 3.8) is 0 Å². The highest BCUT2D eigenvalue weighted by Gasteiger charge is 2.14. The second kappa shape index (κ2) is 8.02. The van der Waals surface area contributed by atoms with Crippen LogP contribution in [0.1, 0.15) is 57.1 Å². The van der Waals surface area contributed by atoms with E-state index in [1.54, 1.807) is 0 Å². The van der Waals surface area contributed by atoms with Crippen molar-refractivity contribution in [1.29, 1.82) is 0 Å². The molecule has 0 radical (unpaired) electrons. The van der Waals surface area contributed by atoms with E-state index in [0.29, 0.717) is 6.42 Å². The van der Waals surface area contributed by atoms with E-state index in [0.717, 1.165) is 18.4 Å². The van der Waals surface area contributed by atoms with Gasteiger partial charge in [-0.3, -0.25) is 4.79 Å². The summed E-state index contributed by atoms with van der Waals surface area (Å²) in [6.07, 6.45) is 6.45. The minimum Gasteiger partial charge on any atom is -0.318 e. The summed E-state index contributed by atoms with van der Waals surface area (Å²) in [5, 5.41) is 0. The Bertz CT molecular complexity index is 321. The van der Waals surface area contributed by atoms with Crippen molar-refractivity contribution in [2.75, 3.05) is 0 Å². The zero-order valence-corrected chi connectivity index (χ0v) is 10.7. The van der Waals surface area contributed by atoms with Gasteiger partial charge in [-0.15, -0.1) is 0 Å². The highest BCUT2D eigenvalue weighted by atomic mass is 16.1. The van der Waals surface area contributed by atoms with E-state index >= 15 is 0 Å². The van der Waals surface area contributed by atoms with E-state index in [4.69, 9.17) is 5.73 Å². The molecule has 0 bridgehead atoms. The van der Waals surface area contributed by atoms with Crippen LogP contribution in [0.4, 0.5) is 0 Å². The van der Waals surface area contributed by atoms with Crippen LogP contribution in [0.2, 0.25) is 0 Å². The van der Waals surface area contributed by atoms with Crippen molar-refractivity contribution in [2.24, 2.45) is 5.73 Å². The summed E-state index contributed by atoms with van der Waals surface area (Å²) in [6, 6.07) is 9.17. The van der Waals surface area contributed by atoms with Crippen LogP contribution in [0.15, 0.2) is 30.3 Å².